The molecule has 0 bridgehead atoms. The van der Waals surface area contributed by atoms with Crippen LogP contribution >= 0.6 is 0 Å². The minimum Gasteiger partial charge on any atom is -0.370 e. The molecule has 0 radical (unpaired) electrons. The molecule has 142 valence electrons. The SMILES string of the molecule is CO[C@H]1O[C@@H]2COC(C)(C)O[C@H]2[C@H](OCc2ccccc2)[C@]12C[C@H]2C=O. The first-order valence-corrected chi connectivity index (χ1v) is 9.11. The molecular weight excluding hydrogens is 336 g/mol. The predicted octanol–water partition coefficient (Wildman–Crippen LogP) is 2.30. The van der Waals surface area contributed by atoms with Crippen LogP contribution in [0, 0.1) is 11.3 Å². The third-order valence-corrected chi connectivity index (χ3v) is 5.70. The van der Waals surface area contributed by atoms with Crippen LogP contribution in [0.4, 0.5) is 0 Å². The molecule has 3 aliphatic rings. The maximum absolute atomic E-state index is 11.6. The first-order valence-electron chi connectivity index (χ1n) is 9.11. The van der Waals surface area contributed by atoms with Crippen LogP contribution in [0.15, 0.2) is 30.3 Å². The molecule has 0 N–H and O–H groups in total. The third-order valence-electron chi connectivity index (χ3n) is 5.70. The molecule has 6 nitrogen and oxygen atoms in total. The van der Waals surface area contributed by atoms with Gasteiger partial charge < -0.3 is 28.5 Å². The highest BCUT2D eigenvalue weighted by Crippen LogP contribution is 2.62. The van der Waals surface area contributed by atoms with Gasteiger partial charge in [0, 0.05) is 13.0 Å². The number of aldehydes is 1. The van der Waals surface area contributed by atoms with Crippen LogP contribution < -0.4 is 0 Å². The van der Waals surface area contributed by atoms with Crippen molar-refractivity contribution in [3.05, 3.63) is 35.9 Å². The highest BCUT2D eigenvalue weighted by Gasteiger charge is 2.71. The number of ether oxygens (including phenoxy) is 5. The van der Waals surface area contributed by atoms with Crippen LogP contribution in [0.2, 0.25) is 0 Å². The summed E-state index contributed by atoms with van der Waals surface area (Å²) in [5.74, 6) is -0.866. The summed E-state index contributed by atoms with van der Waals surface area (Å²) in [6.07, 6.45) is 0.269. The summed E-state index contributed by atoms with van der Waals surface area (Å²) in [7, 11) is 1.61. The van der Waals surface area contributed by atoms with Crippen molar-refractivity contribution >= 4 is 6.29 Å². The normalized spacial score (nSPS) is 40.8. The molecule has 2 aliphatic heterocycles. The van der Waals surface area contributed by atoms with Crippen molar-refractivity contribution in [1.82, 2.24) is 0 Å². The minimum absolute atomic E-state index is 0.149. The Kier molecular flexibility index (Phi) is 4.65. The molecule has 2 saturated heterocycles. The van der Waals surface area contributed by atoms with E-state index in [1.54, 1.807) is 7.11 Å². The van der Waals surface area contributed by atoms with Gasteiger partial charge in [0.15, 0.2) is 12.1 Å². The van der Waals surface area contributed by atoms with Crippen molar-refractivity contribution in [3.8, 4) is 0 Å². The van der Waals surface area contributed by atoms with Gasteiger partial charge in [0.2, 0.25) is 0 Å². The lowest BCUT2D eigenvalue weighted by atomic mass is 9.85. The van der Waals surface area contributed by atoms with E-state index in [9.17, 15) is 4.79 Å². The molecule has 1 aromatic carbocycles. The van der Waals surface area contributed by atoms with Crippen LogP contribution in [0.1, 0.15) is 25.8 Å². The van der Waals surface area contributed by atoms with Crippen molar-refractivity contribution < 1.29 is 28.5 Å². The Hall–Kier alpha value is -1.31. The molecule has 1 saturated carbocycles. The topological polar surface area (TPSA) is 63.2 Å². The molecule has 0 unspecified atom stereocenters. The van der Waals surface area contributed by atoms with E-state index in [2.05, 4.69) is 0 Å². The predicted molar refractivity (Wildman–Crippen MR) is 92.2 cm³/mol. The standard InChI is InChI=1S/C20H26O6/c1-19(2)24-12-15-16(26-19)17(23-11-13-7-5-4-6-8-13)20(9-14(20)10-21)18(22-3)25-15/h4-8,10,14-18H,9,11-12H2,1-3H3/t14-,15+,16+,17-,18-,20+/m0/s1. The van der Waals surface area contributed by atoms with Crippen molar-refractivity contribution in [2.24, 2.45) is 11.3 Å². The first kappa shape index (κ1) is 18.1. The number of carbonyl (C=O) groups excluding carboxylic acids is 1. The number of hydrogen-bond acceptors (Lipinski definition) is 6. The van der Waals surface area contributed by atoms with Gasteiger partial charge in [0.25, 0.3) is 0 Å². The smallest absolute Gasteiger partial charge is 0.166 e. The Morgan fingerprint density at radius 3 is 2.69 bits per heavy atom. The number of fused-ring (bicyclic) bond motifs is 1. The van der Waals surface area contributed by atoms with Gasteiger partial charge in [-0.15, -0.1) is 0 Å². The maximum atomic E-state index is 11.6. The Morgan fingerprint density at radius 2 is 2.04 bits per heavy atom. The van der Waals surface area contributed by atoms with E-state index >= 15 is 0 Å². The summed E-state index contributed by atoms with van der Waals surface area (Å²) in [5.41, 5.74) is 0.578. The number of hydrogen-bond donors (Lipinski definition) is 0. The Bertz CT molecular complexity index is 647. The van der Waals surface area contributed by atoms with E-state index < -0.39 is 17.5 Å². The van der Waals surface area contributed by atoms with Gasteiger partial charge in [-0.2, -0.15) is 0 Å². The van der Waals surface area contributed by atoms with Gasteiger partial charge in [0.05, 0.1) is 24.7 Å². The first-order chi connectivity index (χ1) is 12.5. The highest BCUT2D eigenvalue weighted by atomic mass is 16.8. The fourth-order valence-corrected chi connectivity index (χ4v) is 4.29. The number of methoxy groups -OCH3 is 1. The fraction of sp³-hybridized carbons (Fsp3) is 0.650. The Balaban J connectivity index is 1.62. The molecule has 3 fully saturated rings. The van der Waals surface area contributed by atoms with Crippen LogP contribution in [-0.2, 0) is 35.1 Å². The molecule has 1 aromatic rings. The largest absolute Gasteiger partial charge is 0.370 e. The summed E-state index contributed by atoms with van der Waals surface area (Å²) < 4.78 is 30.0. The number of benzene rings is 1. The van der Waals surface area contributed by atoms with E-state index in [1.165, 1.54) is 0 Å². The Labute approximate surface area is 153 Å². The molecule has 6 heteroatoms. The van der Waals surface area contributed by atoms with E-state index in [1.807, 2.05) is 44.2 Å². The van der Waals surface area contributed by atoms with Gasteiger partial charge >= 0.3 is 0 Å². The van der Waals surface area contributed by atoms with Gasteiger partial charge in [-0.05, 0) is 25.8 Å². The van der Waals surface area contributed by atoms with Crippen LogP contribution in [0.3, 0.4) is 0 Å². The van der Waals surface area contributed by atoms with Gasteiger partial charge in [0.1, 0.15) is 18.5 Å². The lowest BCUT2D eigenvalue weighted by Crippen LogP contribution is -2.64. The van der Waals surface area contributed by atoms with Crippen molar-refractivity contribution in [3.63, 3.8) is 0 Å². The molecule has 1 spiro atoms. The molecule has 2 heterocycles. The second-order valence-corrected chi connectivity index (χ2v) is 7.81. The van der Waals surface area contributed by atoms with Crippen LogP contribution in [0.5, 0.6) is 0 Å². The molecular formula is C20H26O6. The zero-order valence-corrected chi connectivity index (χ0v) is 15.4. The summed E-state index contributed by atoms with van der Waals surface area (Å²) in [4.78, 5) is 11.6. The van der Waals surface area contributed by atoms with E-state index in [-0.39, 0.29) is 24.2 Å². The lowest BCUT2D eigenvalue weighted by Gasteiger charge is -2.51. The van der Waals surface area contributed by atoms with Crippen molar-refractivity contribution in [2.75, 3.05) is 13.7 Å². The second-order valence-electron chi connectivity index (χ2n) is 7.81. The maximum Gasteiger partial charge on any atom is 0.166 e. The minimum atomic E-state index is -0.717. The Morgan fingerprint density at radius 1 is 1.27 bits per heavy atom. The van der Waals surface area contributed by atoms with Gasteiger partial charge in [-0.25, -0.2) is 0 Å². The number of carbonyl (C=O) groups is 1. The average molecular weight is 362 g/mol. The fourth-order valence-electron chi connectivity index (χ4n) is 4.29. The van der Waals surface area contributed by atoms with Crippen molar-refractivity contribution in [1.29, 1.82) is 0 Å². The molecule has 1 aliphatic carbocycles. The number of rotatable bonds is 5. The average Bonchev–Trinajstić information content (AvgIpc) is 3.36. The third kappa shape index (κ3) is 3.00. The quantitative estimate of drug-likeness (QED) is 0.749. The monoisotopic (exact) mass is 362 g/mol. The van der Waals surface area contributed by atoms with E-state index in [0.29, 0.717) is 19.6 Å². The molecule has 4 rings (SSSR count). The lowest BCUT2D eigenvalue weighted by molar-refractivity contribution is -0.384. The molecule has 6 atom stereocenters. The summed E-state index contributed by atoms with van der Waals surface area (Å²) in [6.45, 7) is 4.63. The van der Waals surface area contributed by atoms with Gasteiger partial charge in [-0.3, -0.25) is 0 Å². The molecule has 26 heavy (non-hydrogen) atoms. The zero-order valence-electron chi connectivity index (χ0n) is 15.4. The summed E-state index contributed by atoms with van der Waals surface area (Å²) in [6, 6.07) is 9.99. The highest BCUT2D eigenvalue weighted by molar-refractivity contribution is 5.61. The van der Waals surface area contributed by atoms with Crippen LogP contribution in [-0.4, -0.2) is 50.4 Å². The summed E-state index contributed by atoms with van der Waals surface area (Å²) in [5, 5.41) is 0. The van der Waals surface area contributed by atoms with Crippen LogP contribution in [0.25, 0.3) is 0 Å². The second kappa shape index (κ2) is 6.69. The molecule has 0 amide bonds. The summed E-state index contributed by atoms with van der Waals surface area (Å²) >= 11 is 0. The van der Waals surface area contributed by atoms with Gasteiger partial charge in [-0.1, -0.05) is 30.3 Å². The van der Waals surface area contributed by atoms with E-state index in [4.69, 9.17) is 23.7 Å². The molecule has 0 aromatic heterocycles. The van der Waals surface area contributed by atoms with E-state index in [0.717, 1.165) is 11.8 Å². The zero-order chi connectivity index (χ0) is 18.4. The van der Waals surface area contributed by atoms with Crippen molar-refractivity contribution in [2.45, 2.75) is 57.3 Å².